The fraction of sp³-hybridized carbons (Fsp3) is 0.0536. The number of para-hydroxylation sites is 4. The molecule has 8 aromatic carbocycles. The highest BCUT2D eigenvalue weighted by atomic mass is 16.5. The highest BCUT2D eigenvalue weighted by Crippen LogP contribution is 2.32. The molecule has 336 valence electrons. The number of carboxylic acids is 1. The van der Waals surface area contributed by atoms with Crippen LogP contribution < -0.4 is 20.9 Å². The van der Waals surface area contributed by atoms with Gasteiger partial charge in [-0.25, -0.2) is 23.5 Å². The summed E-state index contributed by atoms with van der Waals surface area (Å²) in [7, 11) is 1.64. The molecule has 2 heterocycles. The average Bonchev–Trinajstić information content (AvgIpc) is 3.93. The third-order valence-corrected chi connectivity index (χ3v) is 10.8. The number of nitrogens with zero attached hydrogens (tertiary/aromatic N) is 6. The zero-order valence-corrected chi connectivity index (χ0v) is 36.2. The van der Waals surface area contributed by atoms with Crippen LogP contribution in [0.5, 0.6) is 11.5 Å². The monoisotopic (exact) mass is 898 g/mol. The SMILES string of the molecule is C.COc1cccc(-c2ccccc2-n2nc(-c3ccccc3)n(-c3ccccc3)c2=O)c1.O=C(O)COc1cccc(-c2ccccc2-n2nc(-c3ccccc3)n(-c3ccccc3)c2=O)c1. The van der Waals surface area contributed by atoms with Gasteiger partial charge in [0.25, 0.3) is 0 Å². The minimum Gasteiger partial charge on any atom is -0.497 e. The number of carbonyl (C=O) groups is 1. The highest BCUT2D eigenvalue weighted by molar-refractivity contribution is 5.76. The lowest BCUT2D eigenvalue weighted by Gasteiger charge is -2.10. The first-order valence-electron chi connectivity index (χ1n) is 21.3. The van der Waals surface area contributed by atoms with Crippen molar-refractivity contribution in [3.8, 4) is 79.3 Å². The van der Waals surface area contributed by atoms with Crippen LogP contribution in [0.4, 0.5) is 0 Å². The van der Waals surface area contributed by atoms with E-state index in [2.05, 4.69) is 0 Å². The Morgan fingerprint density at radius 3 is 1.26 bits per heavy atom. The van der Waals surface area contributed by atoms with Gasteiger partial charge < -0.3 is 14.6 Å². The molecule has 0 aliphatic carbocycles. The van der Waals surface area contributed by atoms with Gasteiger partial charge in [-0.05, 0) is 71.8 Å². The number of ether oxygens (including phenoxy) is 2. The Bertz CT molecular complexity index is 3420. The van der Waals surface area contributed by atoms with Crippen molar-refractivity contribution in [2.24, 2.45) is 0 Å². The topological polar surface area (TPSA) is 135 Å². The molecule has 0 aliphatic rings. The molecule has 12 nitrogen and oxygen atoms in total. The fourth-order valence-corrected chi connectivity index (χ4v) is 7.71. The van der Waals surface area contributed by atoms with Crippen LogP contribution in [0.15, 0.2) is 228 Å². The van der Waals surface area contributed by atoms with E-state index in [0.29, 0.717) is 34.5 Å². The van der Waals surface area contributed by atoms with Gasteiger partial charge in [-0.2, -0.15) is 9.36 Å². The Hall–Kier alpha value is -9.29. The second kappa shape index (κ2) is 20.7. The van der Waals surface area contributed by atoms with Gasteiger partial charge in [0.2, 0.25) is 0 Å². The van der Waals surface area contributed by atoms with Gasteiger partial charge in [0.15, 0.2) is 18.3 Å². The van der Waals surface area contributed by atoms with Crippen molar-refractivity contribution in [2.75, 3.05) is 13.7 Å². The average molecular weight is 899 g/mol. The number of hydrogen-bond donors (Lipinski definition) is 1. The van der Waals surface area contributed by atoms with E-state index in [-0.39, 0.29) is 18.8 Å². The van der Waals surface area contributed by atoms with E-state index in [1.807, 2.05) is 200 Å². The van der Waals surface area contributed by atoms with Crippen LogP contribution in [0.2, 0.25) is 0 Å². The molecule has 0 fully saturated rings. The number of aromatic nitrogens is 6. The van der Waals surface area contributed by atoms with Crippen LogP contribution in [-0.2, 0) is 4.79 Å². The van der Waals surface area contributed by atoms with E-state index >= 15 is 0 Å². The normalized spacial score (nSPS) is 10.6. The molecule has 1 N–H and O–H groups in total. The molecule has 0 spiro atoms. The summed E-state index contributed by atoms with van der Waals surface area (Å²) < 4.78 is 16.9. The van der Waals surface area contributed by atoms with Crippen molar-refractivity contribution < 1.29 is 19.4 Å². The highest BCUT2D eigenvalue weighted by Gasteiger charge is 2.22. The van der Waals surface area contributed by atoms with Crippen LogP contribution in [-0.4, -0.2) is 53.5 Å². The summed E-state index contributed by atoms with van der Waals surface area (Å²) in [6.45, 7) is -0.438. The second-order valence-corrected chi connectivity index (χ2v) is 15.1. The minimum atomic E-state index is -1.05. The van der Waals surface area contributed by atoms with Crippen molar-refractivity contribution in [1.29, 1.82) is 0 Å². The molecule has 0 bridgehead atoms. The number of hydrogen-bond acceptors (Lipinski definition) is 7. The molecule has 12 heteroatoms. The first-order chi connectivity index (χ1) is 32.9. The molecule has 0 unspecified atom stereocenters. The number of rotatable bonds is 12. The van der Waals surface area contributed by atoms with Crippen molar-refractivity contribution in [3.05, 3.63) is 239 Å². The van der Waals surface area contributed by atoms with E-state index < -0.39 is 12.6 Å². The van der Waals surface area contributed by atoms with Gasteiger partial charge in [-0.1, -0.05) is 165 Å². The molecule has 2 aromatic heterocycles. The summed E-state index contributed by atoms with van der Waals surface area (Å²) >= 11 is 0. The molecule has 0 saturated carbocycles. The maximum Gasteiger partial charge on any atom is 0.355 e. The molecule has 10 rings (SSSR count). The second-order valence-electron chi connectivity index (χ2n) is 15.1. The number of aliphatic carboxylic acids is 1. The van der Waals surface area contributed by atoms with Crippen LogP contribution in [0, 0.1) is 0 Å². The van der Waals surface area contributed by atoms with Crippen LogP contribution >= 0.6 is 0 Å². The lowest BCUT2D eigenvalue weighted by Crippen LogP contribution is -2.23. The summed E-state index contributed by atoms with van der Waals surface area (Å²) in [6.07, 6.45) is 0. The lowest BCUT2D eigenvalue weighted by atomic mass is 10.0. The summed E-state index contributed by atoms with van der Waals surface area (Å²) in [6, 6.07) is 68.4. The van der Waals surface area contributed by atoms with E-state index in [9.17, 15) is 14.4 Å². The first-order valence-corrected chi connectivity index (χ1v) is 21.3. The van der Waals surface area contributed by atoms with E-state index in [1.54, 1.807) is 34.4 Å². The number of benzene rings is 8. The summed E-state index contributed by atoms with van der Waals surface area (Å²) in [5.74, 6) is 1.23. The Balaban J connectivity index is 0.000000182. The molecule has 0 radical (unpaired) electrons. The molecule has 10 aromatic rings. The summed E-state index contributed by atoms with van der Waals surface area (Å²) in [5.41, 5.74) is 7.29. The van der Waals surface area contributed by atoms with Crippen molar-refractivity contribution in [1.82, 2.24) is 28.7 Å². The van der Waals surface area contributed by atoms with Crippen LogP contribution in [0.1, 0.15) is 7.43 Å². The standard InChI is InChI=1S/C28H21N3O4.C27H21N3O2.CH4/c32-26(33)19-35-23-15-9-12-21(18-23)24-16-7-8-17-25(24)31-28(34)30(22-13-5-2-6-14-22)27(29-31)20-10-3-1-4-11-20;1-32-23-16-10-13-21(19-23)24-17-8-9-18-25(24)30-27(31)29(22-14-6-3-7-15-22)26(28-30)20-11-4-2-5-12-20;/h1-18H,19H2,(H,32,33);2-19H,1H3;1H4. The van der Waals surface area contributed by atoms with E-state index in [1.165, 1.54) is 9.36 Å². The number of methoxy groups -OCH3 is 1. The molecule has 0 atom stereocenters. The fourth-order valence-electron chi connectivity index (χ4n) is 7.71. The summed E-state index contributed by atoms with van der Waals surface area (Å²) in [4.78, 5) is 38.4. The Labute approximate surface area is 392 Å². The predicted molar refractivity (Wildman–Crippen MR) is 266 cm³/mol. The van der Waals surface area contributed by atoms with Gasteiger partial charge in [-0.15, -0.1) is 10.2 Å². The Morgan fingerprint density at radius 2 is 0.838 bits per heavy atom. The first kappa shape index (κ1) is 45.3. The van der Waals surface area contributed by atoms with Crippen molar-refractivity contribution in [3.63, 3.8) is 0 Å². The Kier molecular flexibility index (Phi) is 13.8. The lowest BCUT2D eigenvalue weighted by molar-refractivity contribution is -0.139. The van der Waals surface area contributed by atoms with Gasteiger partial charge >= 0.3 is 17.3 Å². The largest absolute Gasteiger partial charge is 0.497 e. The molecular formula is C56H46N6O6. The maximum absolute atomic E-state index is 13.8. The van der Waals surface area contributed by atoms with Crippen molar-refractivity contribution in [2.45, 2.75) is 7.43 Å². The quantitative estimate of drug-likeness (QED) is 0.128. The zero-order valence-electron chi connectivity index (χ0n) is 36.2. The van der Waals surface area contributed by atoms with Gasteiger partial charge in [-0.3, -0.25) is 0 Å². The van der Waals surface area contributed by atoms with Crippen molar-refractivity contribution >= 4 is 5.97 Å². The maximum atomic E-state index is 13.8. The molecule has 0 amide bonds. The third-order valence-electron chi connectivity index (χ3n) is 10.8. The molecule has 0 saturated heterocycles. The van der Waals surface area contributed by atoms with Gasteiger partial charge in [0.1, 0.15) is 11.5 Å². The third kappa shape index (κ3) is 9.56. The Morgan fingerprint density at radius 1 is 0.471 bits per heavy atom. The predicted octanol–water partition coefficient (Wildman–Crippen LogP) is 10.8. The molecular weight excluding hydrogens is 853 g/mol. The summed E-state index contributed by atoms with van der Waals surface area (Å²) in [5, 5.41) is 18.5. The smallest absolute Gasteiger partial charge is 0.355 e. The van der Waals surface area contributed by atoms with Crippen LogP contribution in [0.25, 0.3) is 67.8 Å². The van der Waals surface area contributed by atoms with Crippen LogP contribution in [0.3, 0.4) is 0 Å². The zero-order chi connectivity index (χ0) is 46.1. The molecule has 0 aliphatic heterocycles. The van der Waals surface area contributed by atoms with E-state index in [4.69, 9.17) is 24.8 Å². The molecule has 68 heavy (non-hydrogen) atoms. The number of carboxylic acid groups (broad SMARTS) is 1. The van der Waals surface area contributed by atoms with E-state index in [0.717, 1.165) is 44.8 Å². The van der Waals surface area contributed by atoms with Gasteiger partial charge in [0.05, 0.1) is 29.9 Å². The minimum absolute atomic E-state index is 0. The van der Waals surface area contributed by atoms with Gasteiger partial charge in [0, 0.05) is 22.3 Å².